The topological polar surface area (TPSA) is 47.3 Å². The summed E-state index contributed by atoms with van der Waals surface area (Å²) < 4.78 is 5.82. The molecule has 0 bridgehead atoms. The van der Waals surface area contributed by atoms with Crippen LogP contribution in [-0.4, -0.2) is 19.2 Å². The summed E-state index contributed by atoms with van der Waals surface area (Å²) in [5.41, 5.74) is 6.43. The highest BCUT2D eigenvalue weighted by molar-refractivity contribution is 5.85. The van der Waals surface area contributed by atoms with Crippen molar-refractivity contribution in [2.45, 2.75) is 18.9 Å². The van der Waals surface area contributed by atoms with Crippen molar-refractivity contribution in [3.05, 3.63) is 24.3 Å². The van der Waals surface area contributed by atoms with Crippen LogP contribution in [0.25, 0.3) is 0 Å². The smallest absolute Gasteiger partial charge is 0.121 e. The molecule has 1 saturated heterocycles. The SMILES string of the molecule is Cl.Cl.Nc1cccc(OC2CCNCC2)c1. The Hall–Kier alpha value is -0.640. The summed E-state index contributed by atoms with van der Waals surface area (Å²) in [5.74, 6) is 0.886. The minimum absolute atomic E-state index is 0. The third kappa shape index (κ3) is 4.47. The van der Waals surface area contributed by atoms with E-state index in [1.807, 2.05) is 24.3 Å². The van der Waals surface area contributed by atoms with E-state index in [9.17, 15) is 0 Å². The molecule has 0 radical (unpaired) electrons. The monoisotopic (exact) mass is 264 g/mol. The maximum atomic E-state index is 5.82. The maximum absolute atomic E-state index is 5.82. The molecule has 92 valence electrons. The number of halogens is 2. The third-order valence-electron chi connectivity index (χ3n) is 2.45. The molecule has 0 saturated carbocycles. The average Bonchev–Trinajstić information content (AvgIpc) is 2.19. The molecule has 0 aliphatic carbocycles. The van der Waals surface area contributed by atoms with E-state index in [1.165, 1.54) is 0 Å². The number of rotatable bonds is 2. The number of hydrogen-bond acceptors (Lipinski definition) is 3. The molecule has 1 aliphatic heterocycles. The van der Waals surface area contributed by atoms with Crippen LogP contribution in [0.15, 0.2) is 24.3 Å². The Morgan fingerprint density at radius 1 is 1.19 bits per heavy atom. The van der Waals surface area contributed by atoms with Crippen molar-refractivity contribution in [2.75, 3.05) is 18.8 Å². The lowest BCUT2D eigenvalue weighted by Gasteiger charge is -2.23. The summed E-state index contributed by atoms with van der Waals surface area (Å²) >= 11 is 0. The maximum Gasteiger partial charge on any atom is 0.121 e. The quantitative estimate of drug-likeness (QED) is 0.806. The summed E-state index contributed by atoms with van der Waals surface area (Å²) in [4.78, 5) is 0. The van der Waals surface area contributed by atoms with Gasteiger partial charge in [-0.2, -0.15) is 0 Å². The Morgan fingerprint density at radius 2 is 1.88 bits per heavy atom. The predicted molar refractivity (Wildman–Crippen MR) is 71.9 cm³/mol. The van der Waals surface area contributed by atoms with Gasteiger partial charge in [0, 0.05) is 11.8 Å². The molecule has 0 amide bonds. The molecule has 5 heteroatoms. The Kier molecular flexibility index (Phi) is 7.30. The fraction of sp³-hybridized carbons (Fsp3) is 0.455. The summed E-state index contributed by atoms with van der Waals surface area (Å²) in [6.07, 6.45) is 2.50. The Bertz CT molecular complexity index is 304. The molecule has 0 unspecified atom stereocenters. The van der Waals surface area contributed by atoms with Gasteiger partial charge >= 0.3 is 0 Å². The molecule has 1 aromatic carbocycles. The van der Waals surface area contributed by atoms with Crippen molar-refractivity contribution in [3.8, 4) is 5.75 Å². The molecular formula is C11H18Cl2N2O. The zero-order valence-corrected chi connectivity index (χ0v) is 10.7. The van der Waals surface area contributed by atoms with Crippen molar-refractivity contribution in [1.29, 1.82) is 0 Å². The first-order valence-corrected chi connectivity index (χ1v) is 5.07. The summed E-state index contributed by atoms with van der Waals surface area (Å²) in [7, 11) is 0. The van der Waals surface area contributed by atoms with Crippen LogP contribution < -0.4 is 15.8 Å². The summed E-state index contributed by atoms with van der Waals surface area (Å²) in [6.45, 7) is 2.10. The fourth-order valence-electron chi connectivity index (χ4n) is 1.69. The van der Waals surface area contributed by atoms with Gasteiger partial charge < -0.3 is 15.8 Å². The summed E-state index contributed by atoms with van der Waals surface area (Å²) in [5, 5.41) is 3.31. The number of ether oxygens (including phenoxy) is 1. The molecule has 0 spiro atoms. The van der Waals surface area contributed by atoms with Crippen LogP contribution in [0.2, 0.25) is 0 Å². The van der Waals surface area contributed by atoms with E-state index in [4.69, 9.17) is 10.5 Å². The number of hydrogen-bond donors (Lipinski definition) is 2. The first-order valence-electron chi connectivity index (χ1n) is 5.07. The Labute approximate surface area is 109 Å². The van der Waals surface area contributed by atoms with E-state index in [2.05, 4.69) is 5.32 Å². The van der Waals surface area contributed by atoms with E-state index in [0.29, 0.717) is 6.10 Å². The predicted octanol–water partition coefficient (Wildman–Crippen LogP) is 2.24. The Morgan fingerprint density at radius 3 is 2.50 bits per heavy atom. The van der Waals surface area contributed by atoms with Gasteiger partial charge in [0.2, 0.25) is 0 Å². The Balaban J connectivity index is 0.00000112. The van der Waals surface area contributed by atoms with E-state index in [0.717, 1.165) is 37.4 Å². The lowest BCUT2D eigenvalue weighted by molar-refractivity contribution is 0.162. The second-order valence-corrected chi connectivity index (χ2v) is 3.64. The third-order valence-corrected chi connectivity index (χ3v) is 2.45. The zero-order chi connectivity index (χ0) is 9.80. The molecule has 0 aromatic heterocycles. The van der Waals surface area contributed by atoms with Gasteiger partial charge in [0.15, 0.2) is 0 Å². The highest BCUT2D eigenvalue weighted by Crippen LogP contribution is 2.18. The highest BCUT2D eigenvalue weighted by Gasteiger charge is 2.13. The van der Waals surface area contributed by atoms with Crippen LogP contribution in [0, 0.1) is 0 Å². The number of nitrogens with one attached hydrogen (secondary N) is 1. The second kappa shape index (κ2) is 7.60. The van der Waals surface area contributed by atoms with Crippen molar-refractivity contribution in [3.63, 3.8) is 0 Å². The van der Waals surface area contributed by atoms with Crippen LogP contribution in [0.3, 0.4) is 0 Å². The first kappa shape index (κ1) is 15.4. The van der Waals surface area contributed by atoms with Gasteiger partial charge in [-0.15, -0.1) is 24.8 Å². The van der Waals surface area contributed by atoms with Gasteiger partial charge in [-0.05, 0) is 38.1 Å². The minimum atomic E-state index is 0. The number of anilines is 1. The molecule has 1 aromatic rings. The molecular weight excluding hydrogens is 247 g/mol. The number of nitrogens with two attached hydrogens (primary N) is 1. The fourth-order valence-corrected chi connectivity index (χ4v) is 1.69. The van der Waals surface area contributed by atoms with Crippen LogP contribution in [-0.2, 0) is 0 Å². The first-order chi connectivity index (χ1) is 6.84. The van der Waals surface area contributed by atoms with E-state index >= 15 is 0 Å². The molecule has 3 nitrogen and oxygen atoms in total. The van der Waals surface area contributed by atoms with E-state index < -0.39 is 0 Å². The van der Waals surface area contributed by atoms with Crippen molar-refractivity contribution in [1.82, 2.24) is 5.32 Å². The molecule has 16 heavy (non-hydrogen) atoms. The molecule has 2 rings (SSSR count). The zero-order valence-electron chi connectivity index (χ0n) is 9.02. The van der Waals surface area contributed by atoms with Gasteiger partial charge in [-0.3, -0.25) is 0 Å². The highest BCUT2D eigenvalue weighted by atomic mass is 35.5. The van der Waals surface area contributed by atoms with E-state index in [1.54, 1.807) is 0 Å². The molecule has 3 N–H and O–H groups in total. The number of nitrogen functional groups attached to an aromatic ring is 1. The van der Waals surface area contributed by atoms with Crippen LogP contribution in [0.1, 0.15) is 12.8 Å². The van der Waals surface area contributed by atoms with Gasteiger partial charge in [-0.25, -0.2) is 0 Å². The average molecular weight is 265 g/mol. The van der Waals surface area contributed by atoms with Crippen molar-refractivity contribution >= 4 is 30.5 Å². The molecule has 0 atom stereocenters. The lowest BCUT2D eigenvalue weighted by atomic mass is 10.1. The number of benzene rings is 1. The largest absolute Gasteiger partial charge is 0.490 e. The molecule has 1 heterocycles. The summed E-state index contributed by atoms with van der Waals surface area (Å²) in [6, 6.07) is 7.63. The minimum Gasteiger partial charge on any atom is -0.490 e. The van der Waals surface area contributed by atoms with Crippen LogP contribution in [0.5, 0.6) is 5.75 Å². The van der Waals surface area contributed by atoms with Gasteiger partial charge in [-0.1, -0.05) is 6.07 Å². The molecule has 1 fully saturated rings. The van der Waals surface area contributed by atoms with Crippen LogP contribution in [0.4, 0.5) is 5.69 Å². The van der Waals surface area contributed by atoms with E-state index in [-0.39, 0.29) is 24.8 Å². The molecule has 1 aliphatic rings. The van der Waals surface area contributed by atoms with Crippen molar-refractivity contribution in [2.24, 2.45) is 0 Å². The van der Waals surface area contributed by atoms with Gasteiger partial charge in [0.25, 0.3) is 0 Å². The normalized spacial score (nSPS) is 15.8. The van der Waals surface area contributed by atoms with Crippen LogP contribution >= 0.6 is 24.8 Å². The number of piperidine rings is 1. The van der Waals surface area contributed by atoms with Gasteiger partial charge in [0.05, 0.1) is 0 Å². The van der Waals surface area contributed by atoms with Crippen molar-refractivity contribution < 1.29 is 4.74 Å². The standard InChI is InChI=1S/C11H16N2O.2ClH/c12-9-2-1-3-11(8-9)14-10-4-6-13-7-5-10;;/h1-3,8,10,13H,4-7,12H2;2*1H. The lowest BCUT2D eigenvalue weighted by Crippen LogP contribution is -2.34. The second-order valence-electron chi connectivity index (χ2n) is 3.64. The van der Waals surface area contributed by atoms with Gasteiger partial charge in [0.1, 0.15) is 11.9 Å².